The number of hydrogen-bond acceptors (Lipinski definition) is 6. The molecule has 0 atom stereocenters. The van der Waals surface area contributed by atoms with E-state index in [0.29, 0.717) is 16.9 Å². The van der Waals surface area contributed by atoms with Crippen molar-refractivity contribution in [3.05, 3.63) is 41.0 Å². The van der Waals surface area contributed by atoms with E-state index in [0.717, 1.165) is 22.2 Å². The average molecular weight is 386 g/mol. The maximum absolute atomic E-state index is 12.3. The van der Waals surface area contributed by atoms with Crippen molar-refractivity contribution in [1.82, 2.24) is 19.7 Å². The van der Waals surface area contributed by atoms with E-state index in [4.69, 9.17) is 0 Å². The fourth-order valence-corrected chi connectivity index (χ4v) is 4.26. The zero-order chi connectivity index (χ0) is 18.1. The largest absolute Gasteiger partial charge is 0.303 e. The number of nitrogens with one attached hydrogen (secondary N) is 1. The molecule has 134 valence electrons. The minimum Gasteiger partial charge on any atom is -0.303 e. The van der Waals surface area contributed by atoms with Gasteiger partial charge in [-0.05, 0) is 26.7 Å². The molecule has 6 nitrogen and oxygen atoms in total. The van der Waals surface area contributed by atoms with Gasteiger partial charge in [0.2, 0.25) is 5.91 Å². The predicted molar refractivity (Wildman–Crippen MR) is 105 cm³/mol. The Morgan fingerprint density at radius 1 is 1.27 bits per heavy atom. The molecule has 2 heterocycles. The molecule has 1 aliphatic carbocycles. The topological polar surface area (TPSA) is 72.7 Å². The van der Waals surface area contributed by atoms with Gasteiger partial charge in [-0.25, -0.2) is 4.98 Å². The van der Waals surface area contributed by atoms with Crippen molar-refractivity contribution < 1.29 is 4.79 Å². The van der Waals surface area contributed by atoms with E-state index >= 15 is 0 Å². The van der Waals surface area contributed by atoms with Gasteiger partial charge in [-0.15, -0.1) is 21.5 Å². The van der Waals surface area contributed by atoms with Crippen LogP contribution in [0.5, 0.6) is 0 Å². The van der Waals surface area contributed by atoms with Gasteiger partial charge in [0.25, 0.3) is 0 Å². The number of anilines is 1. The fraction of sp³-hybridized carbons (Fsp3) is 0.333. The molecule has 1 aromatic carbocycles. The number of thioether (sulfide) groups is 1. The van der Waals surface area contributed by atoms with Crippen LogP contribution in [0.25, 0.3) is 11.3 Å². The lowest BCUT2D eigenvalue weighted by atomic mass is 10.1. The highest BCUT2D eigenvalue weighted by atomic mass is 32.2. The normalized spacial score (nSPS) is 13.8. The minimum absolute atomic E-state index is 0.0807. The molecule has 1 N–H and O–H groups in total. The van der Waals surface area contributed by atoms with Crippen LogP contribution in [0, 0.1) is 13.8 Å². The Hall–Kier alpha value is -2.19. The molecule has 8 heteroatoms. The van der Waals surface area contributed by atoms with Gasteiger partial charge in [-0.2, -0.15) is 0 Å². The summed E-state index contributed by atoms with van der Waals surface area (Å²) >= 11 is 2.86. The highest BCUT2D eigenvalue weighted by Crippen LogP contribution is 2.38. The van der Waals surface area contributed by atoms with E-state index in [1.54, 1.807) is 0 Å². The Morgan fingerprint density at radius 3 is 2.77 bits per heavy atom. The number of nitrogens with zero attached hydrogens (tertiary/aromatic N) is 4. The molecule has 0 unspecified atom stereocenters. The molecule has 1 fully saturated rings. The summed E-state index contributed by atoms with van der Waals surface area (Å²) in [5.41, 5.74) is 3.14. The highest BCUT2D eigenvalue weighted by molar-refractivity contribution is 7.99. The Bertz CT molecular complexity index is 927. The number of thiazole rings is 1. The van der Waals surface area contributed by atoms with Gasteiger partial charge >= 0.3 is 0 Å². The van der Waals surface area contributed by atoms with Gasteiger partial charge in [0, 0.05) is 17.0 Å². The summed E-state index contributed by atoms with van der Waals surface area (Å²) in [4.78, 5) is 16.8. The van der Waals surface area contributed by atoms with Crippen LogP contribution < -0.4 is 5.32 Å². The van der Waals surface area contributed by atoms with E-state index in [1.165, 1.54) is 41.5 Å². The number of benzene rings is 1. The first kappa shape index (κ1) is 17.2. The number of hydrogen-bond donors (Lipinski definition) is 1. The molecule has 2 aromatic heterocycles. The first-order valence-corrected chi connectivity index (χ1v) is 10.3. The molecule has 26 heavy (non-hydrogen) atoms. The monoisotopic (exact) mass is 385 g/mol. The second-order valence-electron chi connectivity index (χ2n) is 6.37. The molecule has 0 saturated heterocycles. The Kier molecular flexibility index (Phi) is 4.78. The quantitative estimate of drug-likeness (QED) is 0.647. The second kappa shape index (κ2) is 7.20. The number of carbonyl (C=O) groups excluding carboxylic acids is 1. The number of amides is 1. The van der Waals surface area contributed by atoms with E-state index < -0.39 is 0 Å². The van der Waals surface area contributed by atoms with Gasteiger partial charge in [-0.1, -0.05) is 41.6 Å². The summed E-state index contributed by atoms with van der Waals surface area (Å²) in [5.74, 6) is 1.13. The standard InChI is InChI=1S/C18H19N5OS2/c1-11-3-5-13(6-4-11)15-9-25-17(19-15)20-16(24)10-26-18-22-21-12(2)23(18)14-7-8-14/h3-6,9,14H,7-8,10H2,1-2H3,(H,19,20,24). The molecule has 4 rings (SSSR count). The van der Waals surface area contributed by atoms with Crippen LogP contribution in [0.4, 0.5) is 5.13 Å². The van der Waals surface area contributed by atoms with Crippen molar-refractivity contribution in [3.8, 4) is 11.3 Å². The van der Waals surface area contributed by atoms with Crippen molar-refractivity contribution in [3.63, 3.8) is 0 Å². The van der Waals surface area contributed by atoms with E-state index in [9.17, 15) is 4.79 Å². The van der Waals surface area contributed by atoms with Gasteiger partial charge in [0.05, 0.1) is 11.4 Å². The maximum Gasteiger partial charge on any atom is 0.236 e. The zero-order valence-corrected chi connectivity index (χ0v) is 16.2. The highest BCUT2D eigenvalue weighted by Gasteiger charge is 2.28. The van der Waals surface area contributed by atoms with E-state index in [-0.39, 0.29) is 5.91 Å². The van der Waals surface area contributed by atoms with Crippen molar-refractivity contribution in [2.75, 3.05) is 11.1 Å². The minimum atomic E-state index is -0.0807. The molecule has 0 spiro atoms. The van der Waals surface area contributed by atoms with Crippen LogP contribution in [0.3, 0.4) is 0 Å². The molecule has 1 saturated carbocycles. The predicted octanol–water partition coefficient (Wildman–Crippen LogP) is 4.08. The van der Waals surface area contributed by atoms with Crippen molar-refractivity contribution in [1.29, 1.82) is 0 Å². The first-order valence-electron chi connectivity index (χ1n) is 8.47. The molecule has 0 aliphatic heterocycles. The van der Waals surface area contributed by atoms with Crippen molar-refractivity contribution in [2.45, 2.75) is 37.9 Å². The molecular formula is C18H19N5OS2. The van der Waals surface area contributed by atoms with Crippen LogP contribution in [-0.4, -0.2) is 31.4 Å². The molecule has 0 radical (unpaired) electrons. The summed E-state index contributed by atoms with van der Waals surface area (Å²) in [6.07, 6.45) is 2.33. The number of aromatic nitrogens is 4. The van der Waals surface area contributed by atoms with Gasteiger partial charge < -0.3 is 9.88 Å². The average Bonchev–Trinajstić information content (AvgIpc) is 3.24. The smallest absolute Gasteiger partial charge is 0.236 e. The third-order valence-electron chi connectivity index (χ3n) is 4.18. The lowest BCUT2D eigenvalue weighted by molar-refractivity contribution is -0.113. The summed E-state index contributed by atoms with van der Waals surface area (Å²) in [6.45, 7) is 4.01. The van der Waals surface area contributed by atoms with Gasteiger partial charge in [0.15, 0.2) is 10.3 Å². The van der Waals surface area contributed by atoms with Crippen LogP contribution in [0.15, 0.2) is 34.8 Å². The second-order valence-corrected chi connectivity index (χ2v) is 8.17. The summed E-state index contributed by atoms with van der Waals surface area (Å²) in [5, 5.41) is 14.6. The summed E-state index contributed by atoms with van der Waals surface area (Å²) < 4.78 is 2.14. The molecule has 1 aliphatic rings. The fourth-order valence-electron chi connectivity index (χ4n) is 2.67. The SMILES string of the molecule is Cc1ccc(-c2csc(NC(=O)CSc3nnc(C)n3C3CC3)n2)cc1. The number of rotatable bonds is 6. The van der Waals surface area contributed by atoms with Crippen molar-refractivity contribution >= 4 is 34.1 Å². The molecule has 3 aromatic rings. The molecule has 1 amide bonds. The number of carbonyl (C=O) groups is 1. The molecule has 0 bridgehead atoms. The number of aryl methyl sites for hydroxylation is 2. The third-order valence-corrected chi connectivity index (χ3v) is 5.88. The Morgan fingerprint density at radius 2 is 2.04 bits per heavy atom. The van der Waals surface area contributed by atoms with Crippen LogP contribution in [-0.2, 0) is 4.79 Å². The Labute approximate surface area is 160 Å². The summed E-state index contributed by atoms with van der Waals surface area (Å²) in [7, 11) is 0. The first-order chi connectivity index (χ1) is 12.6. The lowest BCUT2D eigenvalue weighted by Crippen LogP contribution is -2.14. The van der Waals surface area contributed by atoms with E-state index in [1.807, 2.05) is 24.4 Å². The Balaban J connectivity index is 1.36. The van der Waals surface area contributed by atoms with Gasteiger partial charge in [-0.3, -0.25) is 4.79 Å². The third kappa shape index (κ3) is 3.81. The van der Waals surface area contributed by atoms with Crippen LogP contribution >= 0.6 is 23.1 Å². The van der Waals surface area contributed by atoms with Crippen LogP contribution in [0.2, 0.25) is 0 Å². The zero-order valence-electron chi connectivity index (χ0n) is 14.6. The van der Waals surface area contributed by atoms with Gasteiger partial charge in [0.1, 0.15) is 5.82 Å². The van der Waals surface area contributed by atoms with Crippen molar-refractivity contribution in [2.24, 2.45) is 0 Å². The maximum atomic E-state index is 12.3. The van der Waals surface area contributed by atoms with Crippen LogP contribution in [0.1, 0.15) is 30.3 Å². The summed E-state index contributed by atoms with van der Waals surface area (Å²) in [6, 6.07) is 8.70. The van der Waals surface area contributed by atoms with E-state index in [2.05, 4.69) is 44.1 Å². The molecular weight excluding hydrogens is 366 g/mol. The lowest BCUT2D eigenvalue weighted by Gasteiger charge is -2.06.